The first-order valence-corrected chi connectivity index (χ1v) is 6.60. The molecular weight excluding hydrogens is 246 g/mol. The number of carbonyl (C=O) groups excluding carboxylic acids is 1. The van der Waals surface area contributed by atoms with Gasteiger partial charge in [0, 0.05) is 19.2 Å². The fraction of sp³-hybridized carbons (Fsp3) is 0.692. The average Bonchev–Trinajstić information content (AvgIpc) is 2.92. The number of amides is 1. The lowest BCUT2D eigenvalue weighted by Gasteiger charge is -2.31. The van der Waals surface area contributed by atoms with E-state index in [0.29, 0.717) is 6.54 Å². The molecule has 19 heavy (non-hydrogen) atoms. The largest absolute Gasteiger partial charge is 0.388 e. The van der Waals surface area contributed by atoms with E-state index in [0.717, 1.165) is 19.4 Å². The normalized spacial score (nSPS) is 11.6. The van der Waals surface area contributed by atoms with Gasteiger partial charge in [-0.05, 0) is 25.3 Å². The highest BCUT2D eigenvalue weighted by molar-refractivity contribution is 5.92. The molecule has 0 atom stereocenters. The average molecular weight is 269 g/mol. The topological polar surface area (TPSA) is 87.4 Å². The Balaban J connectivity index is 2.61. The van der Waals surface area contributed by atoms with Gasteiger partial charge in [-0.15, -0.1) is 0 Å². The van der Waals surface area contributed by atoms with Gasteiger partial charge in [-0.2, -0.15) is 0 Å². The molecular formula is C13H23N3O3. The van der Waals surface area contributed by atoms with Crippen LogP contribution in [0.4, 0.5) is 0 Å². The minimum atomic E-state index is -0.272. The summed E-state index contributed by atoms with van der Waals surface area (Å²) in [5.74, 6) is 0.0171. The number of rotatable bonds is 8. The summed E-state index contributed by atoms with van der Waals surface area (Å²) in [6, 6.07) is 1.45. The lowest BCUT2D eigenvalue weighted by Crippen LogP contribution is -2.42. The van der Waals surface area contributed by atoms with Crippen LogP contribution in [-0.2, 0) is 6.61 Å². The highest BCUT2D eigenvalue weighted by Gasteiger charge is 2.26. The van der Waals surface area contributed by atoms with E-state index in [4.69, 9.17) is 9.63 Å². The summed E-state index contributed by atoms with van der Waals surface area (Å²) in [7, 11) is 1.91. The van der Waals surface area contributed by atoms with Crippen LogP contribution in [0.5, 0.6) is 0 Å². The summed E-state index contributed by atoms with van der Waals surface area (Å²) >= 11 is 0. The van der Waals surface area contributed by atoms with Gasteiger partial charge in [0.2, 0.25) is 0 Å². The van der Waals surface area contributed by atoms with E-state index in [1.165, 1.54) is 6.07 Å². The van der Waals surface area contributed by atoms with Gasteiger partial charge in [-0.25, -0.2) is 0 Å². The van der Waals surface area contributed by atoms with Gasteiger partial charge in [0.15, 0.2) is 11.5 Å². The van der Waals surface area contributed by atoms with Crippen LogP contribution in [0.25, 0.3) is 0 Å². The van der Waals surface area contributed by atoms with Crippen LogP contribution in [0.1, 0.15) is 42.9 Å². The van der Waals surface area contributed by atoms with Gasteiger partial charge in [-0.1, -0.05) is 19.0 Å². The van der Waals surface area contributed by atoms with Gasteiger partial charge in [0.25, 0.3) is 5.91 Å². The number of aliphatic hydroxyl groups is 1. The number of carbonyl (C=O) groups is 1. The zero-order chi connectivity index (χ0) is 14.3. The Morgan fingerprint density at radius 3 is 2.58 bits per heavy atom. The molecule has 1 aromatic rings. The first kappa shape index (κ1) is 15.7. The van der Waals surface area contributed by atoms with Crippen molar-refractivity contribution < 1.29 is 14.4 Å². The van der Waals surface area contributed by atoms with Crippen LogP contribution in [0.15, 0.2) is 10.6 Å². The molecule has 0 aliphatic carbocycles. The summed E-state index contributed by atoms with van der Waals surface area (Å²) in [5.41, 5.74) is 0.253. The van der Waals surface area contributed by atoms with Gasteiger partial charge in [-0.3, -0.25) is 4.79 Å². The standard InChI is InChI=1S/C13H23N3O3/c1-4-13(5-2,8-14-3)9-15-12(18)11-6-10(7-17)19-16-11/h6,14,17H,4-5,7-9H2,1-3H3,(H,15,18). The minimum absolute atomic E-state index is 0.0496. The molecule has 0 aliphatic heterocycles. The third kappa shape index (κ3) is 4.04. The van der Waals surface area contributed by atoms with Gasteiger partial charge < -0.3 is 20.3 Å². The van der Waals surface area contributed by atoms with Crippen molar-refractivity contribution in [3.63, 3.8) is 0 Å². The molecule has 0 unspecified atom stereocenters. The van der Waals surface area contributed by atoms with Crippen molar-refractivity contribution in [1.29, 1.82) is 0 Å². The Labute approximate surface area is 113 Å². The Hall–Kier alpha value is -1.40. The van der Waals surface area contributed by atoms with Crippen LogP contribution >= 0.6 is 0 Å². The molecule has 1 aromatic heterocycles. The smallest absolute Gasteiger partial charge is 0.273 e. The summed E-state index contributed by atoms with van der Waals surface area (Å²) in [5, 5.41) is 18.5. The highest BCUT2D eigenvalue weighted by atomic mass is 16.5. The number of hydrogen-bond donors (Lipinski definition) is 3. The van der Waals surface area contributed by atoms with E-state index in [2.05, 4.69) is 29.6 Å². The summed E-state index contributed by atoms with van der Waals surface area (Å²) in [6.45, 7) is 5.41. The lowest BCUT2D eigenvalue weighted by atomic mass is 9.82. The van der Waals surface area contributed by atoms with Crippen molar-refractivity contribution in [3.8, 4) is 0 Å². The molecule has 0 bridgehead atoms. The maximum Gasteiger partial charge on any atom is 0.273 e. The Kier molecular flexibility index (Phi) is 5.98. The second-order valence-corrected chi connectivity index (χ2v) is 4.76. The molecule has 0 aromatic carbocycles. The molecule has 0 aliphatic rings. The predicted octanol–water partition coefficient (Wildman–Crippen LogP) is 0.922. The van der Waals surface area contributed by atoms with E-state index in [1.807, 2.05) is 7.05 Å². The van der Waals surface area contributed by atoms with Crippen LogP contribution in [-0.4, -0.2) is 36.3 Å². The lowest BCUT2D eigenvalue weighted by molar-refractivity contribution is 0.0916. The SMILES string of the molecule is CCC(CC)(CNC)CNC(=O)c1cc(CO)on1. The number of nitrogens with zero attached hydrogens (tertiary/aromatic N) is 1. The Morgan fingerprint density at radius 2 is 2.11 bits per heavy atom. The van der Waals surface area contributed by atoms with Crippen LogP contribution in [0.3, 0.4) is 0 Å². The molecule has 1 heterocycles. The number of aromatic nitrogens is 1. The van der Waals surface area contributed by atoms with Crippen LogP contribution in [0, 0.1) is 5.41 Å². The molecule has 6 nitrogen and oxygen atoms in total. The molecule has 0 spiro atoms. The molecule has 0 radical (unpaired) electrons. The van der Waals surface area contributed by atoms with Crippen molar-refractivity contribution in [2.24, 2.45) is 5.41 Å². The van der Waals surface area contributed by atoms with E-state index in [9.17, 15) is 4.79 Å². The number of hydrogen-bond acceptors (Lipinski definition) is 5. The van der Waals surface area contributed by atoms with Gasteiger partial charge >= 0.3 is 0 Å². The quantitative estimate of drug-likeness (QED) is 0.653. The molecule has 1 rings (SSSR count). The van der Waals surface area contributed by atoms with Crippen LogP contribution < -0.4 is 10.6 Å². The highest BCUT2D eigenvalue weighted by Crippen LogP contribution is 2.24. The van der Waals surface area contributed by atoms with Crippen molar-refractivity contribution in [1.82, 2.24) is 15.8 Å². The summed E-state index contributed by atoms with van der Waals surface area (Å²) in [6.07, 6.45) is 1.96. The zero-order valence-corrected chi connectivity index (χ0v) is 11.8. The second kappa shape index (κ2) is 7.25. The molecule has 0 saturated carbocycles. The number of aliphatic hydroxyl groups excluding tert-OH is 1. The van der Waals surface area contributed by atoms with Crippen molar-refractivity contribution in [2.45, 2.75) is 33.3 Å². The first-order chi connectivity index (χ1) is 9.10. The number of nitrogens with one attached hydrogen (secondary N) is 2. The van der Waals surface area contributed by atoms with E-state index in [-0.39, 0.29) is 29.4 Å². The fourth-order valence-corrected chi connectivity index (χ4v) is 2.04. The molecule has 108 valence electrons. The fourth-order valence-electron chi connectivity index (χ4n) is 2.04. The van der Waals surface area contributed by atoms with E-state index in [1.54, 1.807) is 0 Å². The van der Waals surface area contributed by atoms with Crippen molar-refractivity contribution in [3.05, 3.63) is 17.5 Å². The third-order valence-electron chi connectivity index (χ3n) is 3.62. The Bertz CT molecular complexity index is 400. The van der Waals surface area contributed by atoms with Gasteiger partial charge in [0.1, 0.15) is 6.61 Å². The molecule has 6 heteroatoms. The second-order valence-electron chi connectivity index (χ2n) is 4.76. The zero-order valence-electron chi connectivity index (χ0n) is 11.8. The maximum atomic E-state index is 11.9. The van der Waals surface area contributed by atoms with E-state index < -0.39 is 0 Å². The molecule has 3 N–H and O–H groups in total. The molecule has 0 fully saturated rings. The minimum Gasteiger partial charge on any atom is -0.388 e. The van der Waals surface area contributed by atoms with E-state index >= 15 is 0 Å². The van der Waals surface area contributed by atoms with Crippen LogP contribution in [0.2, 0.25) is 0 Å². The Morgan fingerprint density at radius 1 is 1.42 bits per heavy atom. The molecule has 1 amide bonds. The summed E-state index contributed by atoms with van der Waals surface area (Å²) in [4.78, 5) is 11.9. The molecule has 0 saturated heterocycles. The monoisotopic (exact) mass is 269 g/mol. The third-order valence-corrected chi connectivity index (χ3v) is 3.62. The van der Waals surface area contributed by atoms with Gasteiger partial charge in [0.05, 0.1) is 0 Å². The first-order valence-electron chi connectivity index (χ1n) is 6.60. The van der Waals surface area contributed by atoms with Crippen molar-refractivity contribution in [2.75, 3.05) is 20.1 Å². The van der Waals surface area contributed by atoms with Crippen molar-refractivity contribution >= 4 is 5.91 Å². The predicted molar refractivity (Wildman–Crippen MR) is 71.7 cm³/mol. The maximum absolute atomic E-state index is 11.9. The summed E-state index contributed by atoms with van der Waals surface area (Å²) < 4.78 is 4.79.